The zero-order valence-electron chi connectivity index (χ0n) is 9.06. The molecule has 0 aromatic heterocycles. The summed E-state index contributed by atoms with van der Waals surface area (Å²) in [6.07, 6.45) is 0.447. The quantitative estimate of drug-likeness (QED) is 0.440. The average molecular weight is 358 g/mol. The van der Waals surface area contributed by atoms with E-state index < -0.39 is 19.3 Å². The minimum atomic E-state index is -2.12. The maximum absolute atomic E-state index is 10.9. The summed E-state index contributed by atoms with van der Waals surface area (Å²) in [6, 6.07) is 0. The lowest BCUT2D eigenvalue weighted by Gasteiger charge is -2.37. The van der Waals surface area contributed by atoms with E-state index in [2.05, 4.69) is 5.10 Å². The van der Waals surface area contributed by atoms with Crippen LogP contribution in [-0.4, -0.2) is 42.2 Å². The van der Waals surface area contributed by atoms with Gasteiger partial charge in [0.2, 0.25) is 14.3 Å². The fraction of sp³-hybridized carbons (Fsp3) is 0.857. The second-order valence-electron chi connectivity index (χ2n) is 3.51. The molecule has 0 saturated heterocycles. The monoisotopic (exact) mass is 356 g/mol. The normalized spacial score (nSPS) is 20.7. The van der Waals surface area contributed by atoms with Crippen molar-refractivity contribution in [3.8, 4) is 0 Å². The van der Waals surface area contributed by atoms with Gasteiger partial charge in [0.15, 0.2) is 11.4 Å². The van der Waals surface area contributed by atoms with Gasteiger partial charge in [-0.15, -0.1) is 0 Å². The van der Waals surface area contributed by atoms with Crippen molar-refractivity contribution in [1.29, 1.82) is 0 Å². The van der Waals surface area contributed by atoms with Crippen molar-refractivity contribution in [3.05, 3.63) is 10.1 Å². The zero-order chi connectivity index (χ0) is 14.1. The average Bonchev–Trinajstić information content (AvgIpc) is 2.60. The third-order valence-electron chi connectivity index (χ3n) is 2.19. The molecule has 11 heteroatoms. The Morgan fingerprint density at radius 3 is 2.33 bits per heavy atom. The summed E-state index contributed by atoms with van der Waals surface area (Å²) in [5.74, 6) is 0. The summed E-state index contributed by atoms with van der Waals surface area (Å²) >= 11 is 29.0. The molecule has 6 nitrogen and oxygen atoms in total. The summed E-state index contributed by atoms with van der Waals surface area (Å²) in [6.45, 7) is 2.24. The SMILES string of the molecule is CCCN1N=CN([N+](=O)[O-])C1C(Cl)(Cl)C(Cl)(Cl)Cl. The highest BCUT2D eigenvalue weighted by atomic mass is 35.6. The molecule has 0 spiro atoms. The number of hydrazine groups is 1. The van der Waals surface area contributed by atoms with Crippen LogP contribution >= 0.6 is 58.0 Å². The van der Waals surface area contributed by atoms with Crippen LogP contribution in [0.1, 0.15) is 13.3 Å². The molecule has 0 aromatic carbocycles. The number of nitrogens with zero attached hydrogens (tertiary/aromatic N) is 4. The second-order valence-corrected chi connectivity index (χ2v) is 7.17. The minimum Gasteiger partial charge on any atom is -0.264 e. The molecule has 0 bridgehead atoms. The Balaban J connectivity index is 3.09. The lowest BCUT2D eigenvalue weighted by atomic mass is 10.3. The van der Waals surface area contributed by atoms with Crippen molar-refractivity contribution in [1.82, 2.24) is 10.0 Å². The summed E-state index contributed by atoms with van der Waals surface area (Å²) in [5.41, 5.74) is 0. The maximum Gasteiger partial charge on any atom is 0.227 e. The molecule has 1 rings (SSSR count). The Morgan fingerprint density at radius 1 is 1.39 bits per heavy atom. The third-order valence-corrected chi connectivity index (χ3v) is 4.63. The molecule has 0 aromatic rings. The zero-order valence-corrected chi connectivity index (χ0v) is 12.8. The molecule has 0 amide bonds. The topological polar surface area (TPSA) is 62.0 Å². The van der Waals surface area contributed by atoms with Gasteiger partial charge >= 0.3 is 0 Å². The first-order chi connectivity index (χ1) is 8.13. The van der Waals surface area contributed by atoms with Crippen molar-refractivity contribution >= 4 is 64.3 Å². The first-order valence-electron chi connectivity index (χ1n) is 4.80. The second kappa shape index (κ2) is 5.63. The smallest absolute Gasteiger partial charge is 0.227 e. The van der Waals surface area contributed by atoms with E-state index in [9.17, 15) is 10.1 Å². The number of alkyl halides is 5. The number of hydrogen-bond donors (Lipinski definition) is 0. The van der Waals surface area contributed by atoms with Crippen LogP contribution in [0.25, 0.3) is 0 Å². The van der Waals surface area contributed by atoms with Crippen LogP contribution in [0.3, 0.4) is 0 Å². The van der Waals surface area contributed by atoms with Gasteiger partial charge in [0.05, 0.1) is 0 Å². The van der Waals surface area contributed by atoms with Gasteiger partial charge in [-0.05, 0) is 6.42 Å². The van der Waals surface area contributed by atoms with Gasteiger partial charge in [0.1, 0.15) is 0 Å². The molecular weight excluding hydrogens is 349 g/mol. The molecule has 104 valence electrons. The number of hydrazone groups is 1. The van der Waals surface area contributed by atoms with E-state index in [0.29, 0.717) is 18.0 Å². The van der Waals surface area contributed by atoms with E-state index in [1.54, 1.807) is 0 Å². The van der Waals surface area contributed by atoms with Gasteiger partial charge in [-0.2, -0.15) is 5.10 Å². The maximum atomic E-state index is 10.9. The third kappa shape index (κ3) is 2.99. The summed E-state index contributed by atoms with van der Waals surface area (Å²) in [7, 11) is 0. The summed E-state index contributed by atoms with van der Waals surface area (Å²) < 4.78 is -4.15. The van der Waals surface area contributed by atoms with Gasteiger partial charge in [0.25, 0.3) is 0 Å². The summed E-state index contributed by atoms with van der Waals surface area (Å²) in [5, 5.41) is 15.9. The molecular formula is C7H9Cl5N4O2. The van der Waals surface area contributed by atoms with E-state index in [1.807, 2.05) is 6.92 Å². The van der Waals surface area contributed by atoms with Crippen LogP contribution in [0, 0.1) is 10.1 Å². The van der Waals surface area contributed by atoms with Crippen LogP contribution in [0.2, 0.25) is 0 Å². The molecule has 0 saturated carbocycles. The van der Waals surface area contributed by atoms with Gasteiger partial charge in [-0.1, -0.05) is 69.9 Å². The predicted molar refractivity (Wildman–Crippen MR) is 72.8 cm³/mol. The number of nitro groups is 1. The molecule has 1 aliphatic rings. The van der Waals surface area contributed by atoms with Crippen molar-refractivity contribution in [2.75, 3.05) is 6.54 Å². The van der Waals surface area contributed by atoms with Crippen LogP contribution in [0.5, 0.6) is 0 Å². The minimum absolute atomic E-state index is 0.382. The van der Waals surface area contributed by atoms with Crippen molar-refractivity contribution in [2.24, 2.45) is 5.10 Å². The molecule has 1 atom stereocenters. The number of halogens is 5. The van der Waals surface area contributed by atoms with E-state index in [4.69, 9.17) is 58.0 Å². The summed E-state index contributed by atoms with van der Waals surface area (Å²) in [4.78, 5) is 10.9. The lowest BCUT2D eigenvalue weighted by Crippen LogP contribution is -2.58. The fourth-order valence-electron chi connectivity index (χ4n) is 1.42. The first-order valence-corrected chi connectivity index (χ1v) is 6.69. The van der Waals surface area contributed by atoms with Crippen LogP contribution in [0.4, 0.5) is 0 Å². The van der Waals surface area contributed by atoms with Gasteiger partial charge in [-0.25, -0.2) is 10.1 Å². The highest BCUT2D eigenvalue weighted by Gasteiger charge is 2.60. The van der Waals surface area contributed by atoms with Gasteiger partial charge < -0.3 is 0 Å². The Bertz CT molecular complexity index is 358. The number of hydrogen-bond acceptors (Lipinski definition) is 4. The van der Waals surface area contributed by atoms with E-state index in [-0.39, 0.29) is 0 Å². The van der Waals surface area contributed by atoms with Crippen LogP contribution in [-0.2, 0) is 0 Å². The van der Waals surface area contributed by atoms with Crippen LogP contribution < -0.4 is 0 Å². The van der Waals surface area contributed by atoms with E-state index >= 15 is 0 Å². The Morgan fingerprint density at radius 2 is 1.94 bits per heavy atom. The molecule has 0 aliphatic carbocycles. The molecule has 0 radical (unpaired) electrons. The molecule has 1 aliphatic heterocycles. The largest absolute Gasteiger partial charge is 0.264 e. The van der Waals surface area contributed by atoms with Gasteiger partial charge in [-0.3, -0.25) is 5.01 Å². The Kier molecular flexibility index (Phi) is 5.06. The molecule has 18 heavy (non-hydrogen) atoms. The standard InChI is InChI=1S/C7H9Cl5N4O2/c1-2-3-14-5(6(8,9)7(10,11)12)15(4-13-14)16(17)18/h4-5H,2-3H2,1H3. The highest BCUT2D eigenvalue weighted by molar-refractivity contribution is 6.75. The molecule has 0 fully saturated rings. The van der Waals surface area contributed by atoms with Crippen LogP contribution in [0.15, 0.2) is 5.10 Å². The van der Waals surface area contributed by atoms with E-state index in [0.717, 1.165) is 6.34 Å². The predicted octanol–water partition coefficient (Wildman–Crippen LogP) is 3.02. The Hall–Kier alpha value is 0.120. The van der Waals surface area contributed by atoms with Crippen molar-refractivity contribution in [2.45, 2.75) is 27.6 Å². The highest BCUT2D eigenvalue weighted by Crippen LogP contribution is 2.50. The van der Waals surface area contributed by atoms with Gasteiger partial charge in [0, 0.05) is 6.54 Å². The van der Waals surface area contributed by atoms with Crippen molar-refractivity contribution in [3.63, 3.8) is 0 Å². The lowest BCUT2D eigenvalue weighted by molar-refractivity contribution is -0.638. The fourth-order valence-corrected chi connectivity index (χ4v) is 2.14. The first kappa shape index (κ1) is 16.2. The van der Waals surface area contributed by atoms with Crippen molar-refractivity contribution < 1.29 is 5.03 Å². The number of rotatable bonds is 4. The molecule has 1 unspecified atom stereocenters. The molecule has 1 heterocycles. The Labute approximate surface area is 128 Å². The van der Waals surface area contributed by atoms with E-state index in [1.165, 1.54) is 5.01 Å². The molecule has 0 N–H and O–H groups in total.